The molecular formula is C21H25NO3. The summed E-state index contributed by atoms with van der Waals surface area (Å²) in [5.74, 6) is -0.595. The van der Waals surface area contributed by atoms with Crippen molar-refractivity contribution < 1.29 is 14.3 Å². The molecule has 0 spiro atoms. The van der Waals surface area contributed by atoms with Gasteiger partial charge in [0.05, 0.1) is 7.11 Å². The van der Waals surface area contributed by atoms with Crippen LogP contribution in [0.1, 0.15) is 42.0 Å². The topological polar surface area (TPSA) is 55.4 Å². The molecule has 0 aliphatic heterocycles. The van der Waals surface area contributed by atoms with Crippen LogP contribution in [0.25, 0.3) is 0 Å². The molecule has 132 valence electrons. The summed E-state index contributed by atoms with van der Waals surface area (Å²) in [6, 6.07) is 16.8. The second-order valence-corrected chi connectivity index (χ2v) is 6.13. The van der Waals surface area contributed by atoms with Gasteiger partial charge in [-0.25, -0.2) is 4.79 Å². The molecule has 0 heterocycles. The van der Waals surface area contributed by atoms with E-state index in [-0.39, 0.29) is 5.91 Å². The van der Waals surface area contributed by atoms with Crippen molar-refractivity contribution in [2.75, 3.05) is 7.11 Å². The number of rotatable bonds is 8. The number of amides is 1. The van der Waals surface area contributed by atoms with E-state index in [1.54, 1.807) is 12.1 Å². The number of nitrogens with one attached hydrogen (secondary N) is 1. The summed E-state index contributed by atoms with van der Waals surface area (Å²) < 4.78 is 4.81. The Hall–Kier alpha value is -2.62. The molecule has 0 fully saturated rings. The number of methoxy groups -OCH3 is 1. The fourth-order valence-electron chi connectivity index (χ4n) is 2.64. The van der Waals surface area contributed by atoms with Crippen LogP contribution in [-0.2, 0) is 20.7 Å². The Morgan fingerprint density at radius 1 is 1.00 bits per heavy atom. The van der Waals surface area contributed by atoms with Crippen LogP contribution in [0, 0.1) is 6.92 Å². The fraction of sp³-hybridized carbons (Fsp3) is 0.333. The Kier molecular flexibility index (Phi) is 7.20. The van der Waals surface area contributed by atoms with Gasteiger partial charge >= 0.3 is 5.97 Å². The Morgan fingerprint density at radius 2 is 1.68 bits per heavy atom. The predicted molar refractivity (Wildman–Crippen MR) is 98.1 cm³/mol. The van der Waals surface area contributed by atoms with Gasteiger partial charge in [-0.2, -0.15) is 0 Å². The Labute approximate surface area is 149 Å². The highest BCUT2D eigenvalue weighted by Gasteiger charge is 2.22. The van der Waals surface area contributed by atoms with Crippen LogP contribution in [-0.4, -0.2) is 19.0 Å². The van der Waals surface area contributed by atoms with E-state index in [1.165, 1.54) is 18.2 Å². The van der Waals surface area contributed by atoms with Gasteiger partial charge in [-0.1, -0.05) is 60.2 Å². The molecule has 0 saturated carbocycles. The summed E-state index contributed by atoms with van der Waals surface area (Å²) >= 11 is 0. The number of aryl methyl sites for hydroxylation is 2. The molecule has 4 heteroatoms. The number of ether oxygens (including phenoxy) is 1. The molecule has 1 atom stereocenters. The van der Waals surface area contributed by atoms with E-state index in [2.05, 4.69) is 36.5 Å². The minimum atomic E-state index is -0.754. The number of unbranched alkanes of at least 4 members (excludes halogenated alkanes) is 1. The predicted octanol–water partition coefficient (Wildman–Crippen LogP) is 3.74. The van der Waals surface area contributed by atoms with Gasteiger partial charge in [-0.05, 0) is 37.3 Å². The lowest BCUT2D eigenvalue weighted by atomic mass is 10.0. The molecule has 0 aliphatic carbocycles. The van der Waals surface area contributed by atoms with Gasteiger partial charge in [0, 0.05) is 6.42 Å². The molecule has 2 rings (SSSR count). The highest BCUT2D eigenvalue weighted by atomic mass is 16.5. The molecule has 4 nitrogen and oxygen atoms in total. The summed E-state index contributed by atoms with van der Waals surface area (Å²) in [5.41, 5.74) is 3.25. The van der Waals surface area contributed by atoms with Crippen LogP contribution < -0.4 is 5.32 Å². The molecule has 0 bridgehead atoms. The van der Waals surface area contributed by atoms with Gasteiger partial charge in [0.2, 0.25) is 5.91 Å². The average molecular weight is 339 g/mol. The first-order valence-electron chi connectivity index (χ1n) is 8.58. The van der Waals surface area contributed by atoms with Crippen LogP contribution in [0.2, 0.25) is 0 Å². The molecule has 1 N–H and O–H groups in total. The zero-order chi connectivity index (χ0) is 18.1. The average Bonchev–Trinajstić information content (AvgIpc) is 2.65. The summed E-state index contributed by atoms with van der Waals surface area (Å²) in [6.07, 6.45) is 3.06. The number of hydrogen-bond donors (Lipinski definition) is 1. The third-order valence-corrected chi connectivity index (χ3v) is 4.12. The van der Waals surface area contributed by atoms with Crippen molar-refractivity contribution in [1.29, 1.82) is 0 Å². The number of benzene rings is 2. The largest absolute Gasteiger partial charge is 0.467 e. The lowest BCUT2D eigenvalue weighted by molar-refractivity contribution is -0.145. The van der Waals surface area contributed by atoms with Crippen molar-refractivity contribution in [3.63, 3.8) is 0 Å². The van der Waals surface area contributed by atoms with Crippen molar-refractivity contribution in [3.8, 4) is 0 Å². The van der Waals surface area contributed by atoms with Gasteiger partial charge in [0.25, 0.3) is 0 Å². The lowest BCUT2D eigenvalue weighted by Gasteiger charge is -2.16. The van der Waals surface area contributed by atoms with Crippen molar-refractivity contribution in [1.82, 2.24) is 5.32 Å². The van der Waals surface area contributed by atoms with Gasteiger partial charge in [0.1, 0.15) is 0 Å². The van der Waals surface area contributed by atoms with Crippen LogP contribution >= 0.6 is 0 Å². The standard InChI is InChI=1S/C21H25NO3/c1-16-12-14-17(15-13-16)8-6-7-11-19(23)22-20(21(24)25-2)18-9-4-3-5-10-18/h3-5,9-10,12-15,20H,6-8,11H2,1-2H3,(H,22,23). The minimum Gasteiger partial charge on any atom is -0.467 e. The van der Waals surface area contributed by atoms with Crippen molar-refractivity contribution in [2.24, 2.45) is 0 Å². The molecule has 0 aliphatic rings. The maximum absolute atomic E-state index is 12.2. The van der Waals surface area contributed by atoms with Crippen LogP contribution in [0.5, 0.6) is 0 Å². The number of carbonyl (C=O) groups excluding carboxylic acids is 2. The molecule has 1 amide bonds. The minimum absolute atomic E-state index is 0.136. The zero-order valence-electron chi connectivity index (χ0n) is 14.8. The van der Waals surface area contributed by atoms with Gasteiger partial charge in [0.15, 0.2) is 6.04 Å². The zero-order valence-corrected chi connectivity index (χ0v) is 14.8. The quantitative estimate of drug-likeness (QED) is 0.589. The molecule has 0 aromatic heterocycles. The van der Waals surface area contributed by atoms with Gasteiger partial charge in [-0.15, -0.1) is 0 Å². The smallest absolute Gasteiger partial charge is 0.333 e. The lowest BCUT2D eigenvalue weighted by Crippen LogP contribution is -2.34. The second-order valence-electron chi connectivity index (χ2n) is 6.13. The van der Waals surface area contributed by atoms with E-state index in [0.29, 0.717) is 6.42 Å². The van der Waals surface area contributed by atoms with E-state index in [4.69, 9.17) is 4.74 Å². The number of esters is 1. The summed E-state index contributed by atoms with van der Waals surface area (Å²) in [6.45, 7) is 2.07. The third-order valence-electron chi connectivity index (χ3n) is 4.12. The first-order valence-corrected chi connectivity index (χ1v) is 8.58. The first kappa shape index (κ1) is 18.7. The van der Waals surface area contributed by atoms with E-state index >= 15 is 0 Å². The first-order chi connectivity index (χ1) is 12.1. The molecule has 0 saturated heterocycles. The normalized spacial score (nSPS) is 11.6. The third kappa shape index (κ3) is 6.07. The molecule has 25 heavy (non-hydrogen) atoms. The van der Waals surface area contributed by atoms with E-state index in [9.17, 15) is 9.59 Å². The highest BCUT2D eigenvalue weighted by molar-refractivity contribution is 5.85. The SMILES string of the molecule is COC(=O)C(NC(=O)CCCCc1ccc(C)cc1)c1ccccc1. The van der Waals surface area contributed by atoms with E-state index in [1.807, 2.05) is 18.2 Å². The molecule has 1 unspecified atom stereocenters. The van der Waals surface area contributed by atoms with E-state index < -0.39 is 12.0 Å². The second kappa shape index (κ2) is 9.62. The number of carbonyl (C=O) groups is 2. The summed E-state index contributed by atoms with van der Waals surface area (Å²) in [4.78, 5) is 24.1. The highest BCUT2D eigenvalue weighted by Crippen LogP contribution is 2.15. The van der Waals surface area contributed by atoms with Crippen molar-refractivity contribution in [2.45, 2.75) is 38.6 Å². The van der Waals surface area contributed by atoms with E-state index in [0.717, 1.165) is 24.8 Å². The van der Waals surface area contributed by atoms with Crippen LogP contribution in [0.4, 0.5) is 0 Å². The van der Waals surface area contributed by atoms with Crippen LogP contribution in [0.3, 0.4) is 0 Å². The van der Waals surface area contributed by atoms with Crippen molar-refractivity contribution >= 4 is 11.9 Å². The Morgan fingerprint density at radius 3 is 2.32 bits per heavy atom. The Balaban J connectivity index is 1.81. The molecule has 2 aromatic carbocycles. The van der Waals surface area contributed by atoms with Crippen molar-refractivity contribution in [3.05, 3.63) is 71.3 Å². The molecule has 0 radical (unpaired) electrons. The summed E-state index contributed by atoms with van der Waals surface area (Å²) in [5, 5.41) is 2.78. The van der Waals surface area contributed by atoms with Gasteiger partial charge < -0.3 is 10.1 Å². The molecular weight excluding hydrogens is 314 g/mol. The fourth-order valence-corrected chi connectivity index (χ4v) is 2.64. The Bertz CT molecular complexity index is 680. The van der Waals surface area contributed by atoms with Crippen LogP contribution in [0.15, 0.2) is 54.6 Å². The maximum atomic E-state index is 12.2. The summed E-state index contributed by atoms with van der Waals surface area (Å²) in [7, 11) is 1.33. The monoisotopic (exact) mass is 339 g/mol. The molecule has 2 aromatic rings. The van der Waals surface area contributed by atoms with Gasteiger partial charge in [-0.3, -0.25) is 4.79 Å². The number of hydrogen-bond acceptors (Lipinski definition) is 3. The maximum Gasteiger partial charge on any atom is 0.333 e.